The third-order valence-corrected chi connectivity index (χ3v) is 5.85. The molecule has 3 amide bonds. The van der Waals surface area contributed by atoms with Crippen LogP contribution in [0, 0.1) is 0 Å². The molecule has 2 fully saturated rings. The third kappa shape index (κ3) is 3.87. The molecule has 0 bridgehead atoms. The number of thioether (sulfide) groups is 1. The van der Waals surface area contributed by atoms with E-state index >= 15 is 0 Å². The van der Waals surface area contributed by atoms with Gasteiger partial charge in [-0.2, -0.15) is 0 Å². The Balaban J connectivity index is 1.47. The molecule has 2 aromatic carbocycles. The van der Waals surface area contributed by atoms with E-state index in [2.05, 4.69) is 0 Å². The molecular weight excluding hydrogens is 372 g/mol. The van der Waals surface area contributed by atoms with Gasteiger partial charge in [-0.05, 0) is 47.4 Å². The van der Waals surface area contributed by atoms with Gasteiger partial charge >= 0.3 is 0 Å². The van der Waals surface area contributed by atoms with Gasteiger partial charge in [0, 0.05) is 13.1 Å². The average Bonchev–Trinajstić information content (AvgIpc) is 3.34. The molecule has 2 aromatic rings. The van der Waals surface area contributed by atoms with Crippen LogP contribution in [-0.2, 0) is 9.59 Å². The molecule has 5 nitrogen and oxygen atoms in total. The van der Waals surface area contributed by atoms with E-state index in [4.69, 9.17) is 0 Å². The predicted molar refractivity (Wildman–Crippen MR) is 110 cm³/mol. The number of hydrogen-bond donors (Lipinski definition) is 0. The number of carbonyl (C=O) groups excluding carboxylic acids is 3. The summed E-state index contributed by atoms with van der Waals surface area (Å²) in [5, 5.41) is -0.385. The summed E-state index contributed by atoms with van der Waals surface area (Å²) in [6, 6.07) is 17.9. The highest BCUT2D eigenvalue weighted by Crippen LogP contribution is 2.32. The Hall–Kier alpha value is -2.86. The van der Waals surface area contributed by atoms with E-state index < -0.39 is 5.91 Å². The summed E-state index contributed by atoms with van der Waals surface area (Å²) in [5.41, 5.74) is 3.05. The minimum Gasteiger partial charge on any atom is -0.341 e. The highest BCUT2D eigenvalue weighted by atomic mass is 32.2. The lowest BCUT2D eigenvalue weighted by Crippen LogP contribution is -2.40. The van der Waals surface area contributed by atoms with Crippen LogP contribution in [0.15, 0.2) is 59.5 Å². The Morgan fingerprint density at radius 2 is 1.57 bits per heavy atom. The van der Waals surface area contributed by atoms with Crippen LogP contribution in [0.2, 0.25) is 0 Å². The standard InChI is InChI=1S/C22H20N2O3S/c25-20(23-12-4-5-13-23)15-24-21(26)19(28-22(24)27)14-16-8-10-18(11-9-16)17-6-2-1-3-7-17/h1-3,6-11,14H,4-5,12-13,15H2/b19-14-. The molecule has 4 rings (SSSR count). The molecule has 2 heterocycles. The monoisotopic (exact) mass is 392 g/mol. The molecule has 0 saturated carbocycles. The van der Waals surface area contributed by atoms with Crippen LogP contribution in [0.4, 0.5) is 4.79 Å². The van der Waals surface area contributed by atoms with Gasteiger partial charge in [0.05, 0.1) is 4.91 Å². The second kappa shape index (κ2) is 8.02. The largest absolute Gasteiger partial charge is 0.341 e. The molecule has 0 aromatic heterocycles. The summed E-state index contributed by atoms with van der Waals surface area (Å²) in [6.45, 7) is 1.24. The van der Waals surface area contributed by atoms with Crippen molar-refractivity contribution in [1.82, 2.24) is 9.80 Å². The van der Waals surface area contributed by atoms with Crippen molar-refractivity contribution in [2.45, 2.75) is 12.8 Å². The van der Waals surface area contributed by atoms with E-state index in [0.717, 1.165) is 46.2 Å². The Bertz CT molecular complexity index is 932. The van der Waals surface area contributed by atoms with Crippen LogP contribution in [0.1, 0.15) is 18.4 Å². The van der Waals surface area contributed by atoms with Gasteiger partial charge in [0.25, 0.3) is 11.1 Å². The zero-order valence-corrected chi connectivity index (χ0v) is 16.2. The number of likely N-dealkylation sites (tertiary alicyclic amines) is 1. The molecule has 0 spiro atoms. The highest BCUT2D eigenvalue weighted by Gasteiger charge is 2.37. The molecule has 0 unspecified atom stereocenters. The second-order valence-corrected chi connectivity index (χ2v) is 7.84. The van der Waals surface area contributed by atoms with Gasteiger partial charge in [-0.3, -0.25) is 19.3 Å². The van der Waals surface area contributed by atoms with Gasteiger partial charge in [0.2, 0.25) is 5.91 Å². The fourth-order valence-corrected chi connectivity index (χ4v) is 4.23. The maximum atomic E-state index is 12.6. The van der Waals surface area contributed by atoms with E-state index in [-0.39, 0.29) is 17.7 Å². The lowest BCUT2D eigenvalue weighted by molar-refractivity contribution is -0.135. The number of nitrogens with zero attached hydrogens (tertiary/aromatic N) is 2. The highest BCUT2D eigenvalue weighted by molar-refractivity contribution is 8.18. The van der Waals surface area contributed by atoms with Crippen molar-refractivity contribution in [1.29, 1.82) is 0 Å². The SMILES string of the molecule is O=C(CN1C(=O)S/C(=C\c2ccc(-c3ccccc3)cc2)C1=O)N1CCCC1. The maximum absolute atomic E-state index is 12.6. The van der Waals surface area contributed by atoms with Crippen LogP contribution in [-0.4, -0.2) is 46.5 Å². The Morgan fingerprint density at radius 1 is 0.929 bits per heavy atom. The summed E-state index contributed by atoms with van der Waals surface area (Å²) < 4.78 is 0. The first-order valence-corrected chi connectivity index (χ1v) is 10.1. The fraction of sp³-hybridized carbons (Fsp3) is 0.227. The Labute approximate surface area is 168 Å². The van der Waals surface area contributed by atoms with E-state index in [1.165, 1.54) is 0 Å². The van der Waals surface area contributed by atoms with E-state index in [0.29, 0.717) is 18.0 Å². The summed E-state index contributed by atoms with van der Waals surface area (Å²) in [4.78, 5) is 40.2. The minimum atomic E-state index is -0.394. The Kier molecular flexibility index (Phi) is 5.30. The fourth-order valence-electron chi connectivity index (χ4n) is 3.39. The van der Waals surface area contributed by atoms with Crippen molar-refractivity contribution >= 4 is 34.9 Å². The lowest BCUT2D eigenvalue weighted by atomic mass is 10.0. The molecule has 2 aliphatic heterocycles. The average molecular weight is 392 g/mol. The van der Waals surface area contributed by atoms with Crippen molar-refractivity contribution in [2.75, 3.05) is 19.6 Å². The van der Waals surface area contributed by atoms with Crippen molar-refractivity contribution in [3.63, 3.8) is 0 Å². The summed E-state index contributed by atoms with van der Waals surface area (Å²) in [7, 11) is 0. The summed E-state index contributed by atoms with van der Waals surface area (Å²) in [6.07, 6.45) is 3.67. The topological polar surface area (TPSA) is 57.7 Å². The van der Waals surface area contributed by atoms with Crippen molar-refractivity contribution < 1.29 is 14.4 Å². The van der Waals surface area contributed by atoms with Gasteiger partial charge < -0.3 is 4.90 Å². The van der Waals surface area contributed by atoms with Crippen LogP contribution >= 0.6 is 11.8 Å². The quantitative estimate of drug-likeness (QED) is 0.738. The third-order valence-electron chi connectivity index (χ3n) is 4.94. The molecule has 0 aliphatic carbocycles. The number of rotatable bonds is 4. The normalized spacial score (nSPS) is 18.4. The lowest BCUT2D eigenvalue weighted by Gasteiger charge is -2.18. The zero-order valence-electron chi connectivity index (χ0n) is 15.3. The summed E-state index contributed by atoms with van der Waals surface area (Å²) in [5.74, 6) is -0.553. The molecule has 6 heteroatoms. The zero-order chi connectivity index (χ0) is 19.5. The Morgan fingerprint density at radius 3 is 2.25 bits per heavy atom. The predicted octanol–water partition coefficient (Wildman–Crippen LogP) is 4.01. The first-order valence-electron chi connectivity index (χ1n) is 9.30. The van der Waals surface area contributed by atoms with Gasteiger partial charge in [0.15, 0.2) is 0 Å². The van der Waals surface area contributed by atoms with Crippen LogP contribution < -0.4 is 0 Å². The first kappa shape index (κ1) is 18.5. The molecule has 0 atom stereocenters. The van der Waals surface area contributed by atoms with E-state index in [1.807, 2.05) is 54.6 Å². The molecule has 2 aliphatic rings. The van der Waals surface area contributed by atoms with E-state index in [1.54, 1.807) is 11.0 Å². The number of benzene rings is 2. The van der Waals surface area contributed by atoms with Crippen LogP contribution in [0.5, 0.6) is 0 Å². The minimum absolute atomic E-state index is 0.159. The number of hydrogen-bond acceptors (Lipinski definition) is 4. The molecule has 0 radical (unpaired) electrons. The van der Waals surface area contributed by atoms with Crippen LogP contribution in [0.3, 0.4) is 0 Å². The number of imide groups is 1. The molecule has 142 valence electrons. The smallest absolute Gasteiger partial charge is 0.294 e. The van der Waals surface area contributed by atoms with Gasteiger partial charge in [-0.15, -0.1) is 0 Å². The van der Waals surface area contributed by atoms with Crippen molar-refractivity contribution in [2.24, 2.45) is 0 Å². The number of carbonyl (C=O) groups is 3. The van der Waals surface area contributed by atoms with Crippen molar-refractivity contribution in [3.05, 3.63) is 65.1 Å². The van der Waals surface area contributed by atoms with Gasteiger partial charge in [-0.25, -0.2) is 0 Å². The molecule has 0 N–H and O–H groups in total. The summed E-state index contributed by atoms with van der Waals surface area (Å²) >= 11 is 0.890. The van der Waals surface area contributed by atoms with Crippen LogP contribution in [0.25, 0.3) is 17.2 Å². The van der Waals surface area contributed by atoms with E-state index in [9.17, 15) is 14.4 Å². The molecule has 28 heavy (non-hydrogen) atoms. The molecule has 2 saturated heterocycles. The molecular formula is C22H20N2O3S. The first-order chi connectivity index (χ1) is 13.6. The maximum Gasteiger partial charge on any atom is 0.294 e. The van der Waals surface area contributed by atoms with Gasteiger partial charge in [0.1, 0.15) is 6.54 Å². The van der Waals surface area contributed by atoms with Gasteiger partial charge in [-0.1, -0.05) is 54.6 Å². The number of amides is 3. The second-order valence-electron chi connectivity index (χ2n) is 6.84. The van der Waals surface area contributed by atoms with Crippen molar-refractivity contribution in [3.8, 4) is 11.1 Å².